The van der Waals surface area contributed by atoms with Crippen LogP contribution in [0, 0.1) is 0 Å². The molecule has 0 spiro atoms. The van der Waals surface area contributed by atoms with Crippen LogP contribution in [0.1, 0.15) is 13.8 Å². The van der Waals surface area contributed by atoms with Crippen LogP contribution in [0.2, 0.25) is 0 Å². The summed E-state index contributed by atoms with van der Waals surface area (Å²) in [7, 11) is 3.86. The molecular formula is C24H27N7O2. The lowest BCUT2D eigenvalue weighted by Crippen LogP contribution is -2.34. The van der Waals surface area contributed by atoms with Crippen LogP contribution >= 0.6 is 0 Å². The van der Waals surface area contributed by atoms with Crippen molar-refractivity contribution in [3.8, 4) is 17.1 Å². The molecule has 0 atom stereocenters. The predicted molar refractivity (Wildman–Crippen MR) is 130 cm³/mol. The van der Waals surface area contributed by atoms with Gasteiger partial charge in [-0.05, 0) is 44.2 Å². The van der Waals surface area contributed by atoms with Crippen molar-refractivity contribution in [2.75, 3.05) is 30.9 Å². The molecule has 170 valence electrons. The van der Waals surface area contributed by atoms with Gasteiger partial charge in [0.15, 0.2) is 12.4 Å². The van der Waals surface area contributed by atoms with Gasteiger partial charge in [0.2, 0.25) is 0 Å². The van der Waals surface area contributed by atoms with E-state index < -0.39 is 0 Å². The Kier molecular flexibility index (Phi) is 6.39. The molecule has 0 bridgehead atoms. The van der Waals surface area contributed by atoms with Crippen LogP contribution in [-0.2, 0) is 4.79 Å². The van der Waals surface area contributed by atoms with Crippen molar-refractivity contribution in [3.63, 3.8) is 0 Å². The van der Waals surface area contributed by atoms with E-state index in [9.17, 15) is 4.79 Å². The molecule has 9 nitrogen and oxygen atoms in total. The van der Waals surface area contributed by atoms with Gasteiger partial charge in [-0.3, -0.25) is 9.89 Å². The largest absolute Gasteiger partial charge is 0.484 e. The Balaban J connectivity index is 1.59. The van der Waals surface area contributed by atoms with Gasteiger partial charge in [0, 0.05) is 42.8 Å². The number of ether oxygens (including phenoxy) is 1. The maximum atomic E-state index is 11.9. The Morgan fingerprint density at radius 1 is 1.12 bits per heavy atom. The number of nitrogens with zero attached hydrogens (tertiary/aromatic N) is 4. The molecule has 0 fully saturated rings. The third kappa shape index (κ3) is 5.57. The van der Waals surface area contributed by atoms with Crippen LogP contribution in [0.5, 0.6) is 5.75 Å². The molecule has 4 aromatic rings. The lowest BCUT2D eigenvalue weighted by atomic mass is 10.2. The zero-order chi connectivity index (χ0) is 23.4. The van der Waals surface area contributed by atoms with Crippen LogP contribution in [0.15, 0.2) is 54.7 Å². The third-order valence-electron chi connectivity index (χ3n) is 4.80. The highest BCUT2D eigenvalue weighted by atomic mass is 16.5. The minimum absolute atomic E-state index is 0.0521. The zero-order valence-corrected chi connectivity index (χ0v) is 19.1. The number of aromatic amines is 1. The molecule has 2 aromatic heterocycles. The fourth-order valence-electron chi connectivity index (χ4n) is 3.26. The maximum Gasteiger partial charge on any atom is 0.258 e. The number of nitrogens with one attached hydrogen (secondary N) is 3. The molecule has 0 radical (unpaired) electrons. The summed E-state index contributed by atoms with van der Waals surface area (Å²) in [4.78, 5) is 23.2. The van der Waals surface area contributed by atoms with Gasteiger partial charge in [0.05, 0.1) is 11.7 Å². The first kappa shape index (κ1) is 22.1. The number of fused-ring (bicyclic) bond motifs is 1. The topological polar surface area (TPSA) is 108 Å². The Morgan fingerprint density at radius 3 is 2.76 bits per heavy atom. The van der Waals surface area contributed by atoms with Crippen LogP contribution in [0.25, 0.3) is 22.3 Å². The molecule has 2 heterocycles. The van der Waals surface area contributed by atoms with Crippen molar-refractivity contribution < 1.29 is 9.53 Å². The summed E-state index contributed by atoms with van der Waals surface area (Å²) in [5.74, 6) is 2.38. The minimum atomic E-state index is -0.165. The molecule has 4 rings (SSSR count). The molecule has 33 heavy (non-hydrogen) atoms. The second kappa shape index (κ2) is 9.56. The van der Waals surface area contributed by atoms with Crippen LogP contribution in [-0.4, -0.2) is 52.8 Å². The first-order valence-electron chi connectivity index (χ1n) is 10.7. The average Bonchev–Trinajstić information content (AvgIpc) is 3.25. The molecule has 1 amide bonds. The van der Waals surface area contributed by atoms with Crippen molar-refractivity contribution in [1.29, 1.82) is 0 Å². The Hall–Kier alpha value is -4.14. The quantitative estimate of drug-likeness (QED) is 0.379. The summed E-state index contributed by atoms with van der Waals surface area (Å²) in [6.45, 7) is 3.77. The van der Waals surface area contributed by atoms with Crippen LogP contribution < -0.4 is 20.3 Å². The van der Waals surface area contributed by atoms with Crippen LogP contribution in [0.4, 0.5) is 17.3 Å². The highest BCUT2D eigenvalue weighted by Gasteiger charge is 2.11. The second-order valence-corrected chi connectivity index (χ2v) is 8.17. The molecule has 0 aliphatic heterocycles. The summed E-state index contributed by atoms with van der Waals surface area (Å²) in [5, 5.41) is 14.2. The van der Waals surface area contributed by atoms with Gasteiger partial charge >= 0.3 is 0 Å². The number of hydrogen-bond acceptors (Lipinski definition) is 7. The van der Waals surface area contributed by atoms with E-state index in [1.165, 1.54) is 0 Å². The Labute approximate surface area is 192 Å². The van der Waals surface area contributed by atoms with Gasteiger partial charge in [-0.1, -0.05) is 12.1 Å². The minimum Gasteiger partial charge on any atom is -0.484 e. The molecule has 3 N–H and O–H groups in total. The Bertz CT molecular complexity index is 1270. The fraction of sp³-hybridized carbons (Fsp3) is 0.250. The number of rotatable bonds is 8. The molecule has 0 saturated heterocycles. The zero-order valence-electron chi connectivity index (χ0n) is 19.1. The standard InChI is InChI=1S/C24H27N7O2/c1-15(2)26-23(32)14-33-19-7-5-6-16(11-19)24-28-21(12-22(29-24)31(3)4)27-18-8-9-20-17(10-18)13-25-30-20/h5-13,15H,14H2,1-4H3,(H,25,30)(H,26,32)(H,27,28,29). The summed E-state index contributed by atoms with van der Waals surface area (Å²) < 4.78 is 5.67. The average molecular weight is 446 g/mol. The van der Waals surface area contributed by atoms with E-state index in [2.05, 4.69) is 25.8 Å². The first-order valence-corrected chi connectivity index (χ1v) is 10.7. The van der Waals surface area contributed by atoms with Crippen molar-refractivity contribution in [2.45, 2.75) is 19.9 Å². The molecule has 0 aliphatic carbocycles. The lowest BCUT2D eigenvalue weighted by molar-refractivity contribution is -0.123. The molecular weight excluding hydrogens is 418 g/mol. The van der Waals surface area contributed by atoms with E-state index in [4.69, 9.17) is 9.72 Å². The summed E-state index contributed by atoms with van der Waals surface area (Å²) in [6.07, 6.45) is 1.78. The number of amides is 1. The van der Waals surface area contributed by atoms with E-state index >= 15 is 0 Å². The molecule has 0 saturated carbocycles. The van der Waals surface area contributed by atoms with Gasteiger partial charge in [0.25, 0.3) is 5.91 Å². The summed E-state index contributed by atoms with van der Waals surface area (Å²) >= 11 is 0. The van der Waals surface area contributed by atoms with Crippen LogP contribution in [0.3, 0.4) is 0 Å². The Morgan fingerprint density at radius 2 is 1.97 bits per heavy atom. The van der Waals surface area contributed by atoms with Gasteiger partial charge in [0.1, 0.15) is 17.4 Å². The number of aromatic nitrogens is 4. The summed E-state index contributed by atoms with van der Waals surface area (Å²) in [5.41, 5.74) is 2.65. The molecule has 2 aromatic carbocycles. The summed E-state index contributed by atoms with van der Waals surface area (Å²) in [6, 6.07) is 15.3. The van der Waals surface area contributed by atoms with E-state index in [0.717, 1.165) is 28.0 Å². The van der Waals surface area contributed by atoms with Gasteiger partial charge in [-0.25, -0.2) is 9.97 Å². The van der Waals surface area contributed by atoms with Gasteiger partial charge < -0.3 is 20.3 Å². The first-order chi connectivity index (χ1) is 15.9. The molecule has 0 unspecified atom stereocenters. The highest BCUT2D eigenvalue weighted by Crippen LogP contribution is 2.27. The van der Waals surface area contributed by atoms with E-state index in [-0.39, 0.29) is 18.6 Å². The van der Waals surface area contributed by atoms with Crippen molar-refractivity contribution in [1.82, 2.24) is 25.5 Å². The smallest absolute Gasteiger partial charge is 0.258 e. The van der Waals surface area contributed by atoms with Crippen molar-refractivity contribution in [3.05, 3.63) is 54.7 Å². The van der Waals surface area contributed by atoms with Crippen molar-refractivity contribution >= 4 is 34.1 Å². The SMILES string of the molecule is CC(C)NC(=O)COc1cccc(-c2nc(Nc3ccc4[nH]ncc4c3)cc(N(C)C)n2)c1. The van der Waals surface area contributed by atoms with Gasteiger partial charge in [-0.2, -0.15) is 5.10 Å². The number of H-pyrrole nitrogens is 1. The second-order valence-electron chi connectivity index (χ2n) is 8.17. The highest BCUT2D eigenvalue weighted by molar-refractivity contribution is 5.83. The third-order valence-corrected chi connectivity index (χ3v) is 4.80. The fourth-order valence-corrected chi connectivity index (χ4v) is 3.26. The maximum absolute atomic E-state index is 11.9. The molecule has 0 aliphatic rings. The predicted octanol–water partition coefficient (Wildman–Crippen LogP) is 3.73. The number of carbonyl (C=O) groups excluding carboxylic acids is 1. The number of benzene rings is 2. The molecule has 9 heteroatoms. The number of carbonyl (C=O) groups is 1. The van der Waals surface area contributed by atoms with Gasteiger partial charge in [-0.15, -0.1) is 0 Å². The number of anilines is 3. The van der Waals surface area contributed by atoms with E-state index in [0.29, 0.717) is 17.4 Å². The monoisotopic (exact) mass is 445 g/mol. The normalized spacial score (nSPS) is 10.9. The van der Waals surface area contributed by atoms with E-state index in [1.54, 1.807) is 12.3 Å². The van der Waals surface area contributed by atoms with Crippen molar-refractivity contribution in [2.24, 2.45) is 0 Å². The number of hydrogen-bond donors (Lipinski definition) is 3. The lowest BCUT2D eigenvalue weighted by Gasteiger charge is -2.15. The van der Waals surface area contributed by atoms with E-state index in [1.807, 2.05) is 75.3 Å².